The summed E-state index contributed by atoms with van der Waals surface area (Å²) in [6.07, 6.45) is 1.75. The smallest absolute Gasteiger partial charge is 0.224 e. The Bertz CT molecular complexity index is 416. The third-order valence-corrected chi connectivity index (χ3v) is 3.49. The largest absolute Gasteiger partial charge is 0.353 e. The summed E-state index contributed by atoms with van der Waals surface area (Å²) in [7, 11) is 0. The van der Waals surface area contributed by atoms with Gasteiger partial charge < -0.3 is 10.6 Å². The second-order valence-electron chi connectivity index (χ2n) is 4.93. The van der Waals surface area contributed by atoms with E-state index in [4.69, 9.17) is 11.6 Å². The fraction of sp³-hybridized carbons (Fsp3) is 0.500. The monoisotopic (exact) mass is 266 g/mol. The maximum Gasteiger partial charge on any atom is 0.224 e. The van der Waals surface area contributed by atoms with Gasteiger partial charge >= 0.3 is 0 Å². The number of rotatable bonds is 4. The van der Waals surface area contributed by atoms with Gasteiger partial charge in [-0.1, -0.05) is 23.7 Å². The first-order valence-corrected chi connectivity index (χ1v) is 6.78. The standard InChI is InChI=1S/C14H19ClN2O/c1-10(7-11-3-2-4-13(15)8-11)17-14(18)12-5-6-16-9-12/h2-4,8,10,12,16H,5-7,9H2,1H3,(H,17,18). The molecule has 98 valence electrons. The summed E-state index contributed by atoms with van der Waals surface area (Å²) in [5.74, 6) is 0.293. The predicted octanol–water partition coefficient (Wildman–Crippen LogP) is 2.00. The first kappa shape index (κ1) is 13.4. The Morgan fingerprint density at radius 2 is 2.44 bits per heavy atom. The molecule has 2 unspecified atom stereocenters. The summed E-state index contributed by atoms with van der Waals surface area (Å²) in [4.78, 5) is 11.9. The number of nitrogens with one attached hydrogen (secondary N) is 2. The molecule has 1 amide bonds. The van der Waals surface area contributed by atoms with Crippen molar-refractivity contribution in [2.45, 2.75) is 25.8 Å². The summed E-state index contributed by atoms with van der Waals surface area (Å²) in [6, 6.07) is 7.91. The molecule has 0 aliphatic carbocycles. The van der Waals surface area contributed by atoms with Crippen LogP contribution in [0.2, 0.25) is 5.02 Å². The molecule has 1 aromatic rings. The zero-order chi connectivity index (χ0) is 13.0. The van der Waals surface area contributed by atoms with Crippen molar-refractivity contribution in [1.29, 1.82) is 0 Å². The normalized spacial score (nSPS) is 20.7. The van der Waals surface area contributed by atoms with E-state index in [0.29, 0.717) is 0 Å². The third kappa shape index (κ3) is 3.72. The number of hydrogen-bond donors (Lipinski definition) is 2. The number of carbonyl (C=O) groups is 1. The highest BCUT2D eigenvalue weighted by Crippen LogP contribution is 2.13. The van der Waals surface area contributed by atoms with E-state index in [2.05, 4.69) is 10.6 Å². The number of amides is 1. The van der Waals surface area contributed by atoms with Gasteiger partial charge in [0.15, 0.2) is 0 Å². The molecule has 0 radical (unpaired) electrons. The SMILES string of the molecule is CC(Cc1cccc(Cl)c1)NC(=O)C1CCNC1. The summed E-state index contributed by atoms with van der Waals surface area (Å²) in [5, 5.41) is 7.01. The van der Waals surface area contributed by atoms with Crippen molar-refractivity contribution in [3.63, 3.8) is 0 Å². The second-order valence-corrected chi connectivity index (χ2v) is 5.37. The zero-order valence-corrected chi connectivity index (χ0v) is 11.3. The Morgan fingerprint density at radius 3 is 3.11 bits per heavy atom. The molecule has 0 spiro atoms. The summed E-state index contributed by atoms with van der Waals surface area (Å²) >= 11 is 5.94. The van der Waals surface area contributed by atoms with Crippen LogP contribution in [0.3, 0.4) is 0 Å². The van der Waals surface area contributed by atoms with Crippen LogP contribution in [0.15, 0.2) is 24.3 Å². The van der Waals surface area contributed by atoms with Crippen LogP contribution in [0.4, 0.5) is 0 Å². The Kier molecular flexibility index (Phi) is 4.61. The topological polar surface area (TPSA) is 41.1 Å². The van der Waals surface area contributed by atoms with E-state index < -0.39 is 0 Å². The Labute approximate surface area is 113 Å². The molecular formula is C14H19ClN2O. The van der Waals surface area contributed by atoms with Gasteiger partial charge in [0.2, 0.25) is 5.91 Å². The summed E-state index contributed by atoms with van der Waals surface area (Å²) in [6.45, 7) is 3.78. The summed E-state index contributed by atoms with van der Waals surface area (Å²) < 4.78 is 0. The maximum atomic E-state index is 11.9. The van der Waals surface area contributed by atoms with Crippen LogP contribution in [0, 0.1) is 5.92 Å². The van der Waals surface area contributed by atoms with Crippen LogP contribution < -0.4 is 10.6 Å². The molecule has 2 atom stereocenters. The quantitative estimate of drug-likeness (QED) is 0.875. The molecule has 2 rings (SSSR count). The fourth-order valence-corrected chi connectivity index (χ4v) is 2.52. The maximum absolute atomic E-state index is 11.9. The van der Waals surface area contributed by atoms with E-state index in [1.54, 1.807) is 0 Å². The molecule has 1 heterocycles. The van der Waals surface area contributed by atoms with Gasteiger partial charge in [0, 0.05) is 17.6 Å². The van der Waals surface area contributed by atoms with Crippen molar-refractivity contribution >= 4 is 17.5 Å². The molecule has 4 heteroatoms. The van der Waals surface area contributed by atoms with Gasteiger partial charge in [-0.05, 0) is 44.0 Å². The van der Waals surface area contributed by atoms with Gasteiger partial charge in [-0.25, -0.2) is 0 Å². The van der Waals surface area contributed by atoms with E-state index in [1.807, 2.05) is 31.2 Å². The fourth-order valence-electron chi connectivity index (χ4n) is 2.31. The van der Waals surface area contributed by atoms with Crippen LogP contribution in [0.1, 0.15) is 18.9 Å². The Hall–Kier alpha value is -1.06. The molecule has 0 bridgehead atoms. The minimum Gasteiger partial charge on any atom is -0.353 e. The average Bonchev–Trinajstić information content (AvgIpc) is 2.81. The van der Waals surface area contributed by atoms with Gasteiger partial charge in [0.1, 0.15) is 0 Å². The minimum atomic E-state index is 0.131. The zero-order valence-electron chi connectivity index (χ0n) is 10.6. The minimum absolute atomic E-state index is 0.131. The number of hydrogen-bond acceptors (Lipinski definition) is 2. The average molecular weight is 267 g/mol. The molecule has 1 aliphatic heterocycles. The lowest BCUT2D eigenvalue weighted by Crippen LogP contribution is -2.39. The second kappa shape index (κ2) is 6.21. The van der Waals surface area contributed by atoms with Crippen molar-refractivity contribution in [1.82, 2.24) is 10.6 Å². The van der Waals surface area contributed by atoms with Crippen LogP contribution in [-0.2, 0) is 11.2 Å². The molecule has 1 aliphatic rings. The van der Waals surface area contributed by atoms with Crippen molar-refractivity contribution < 1.29 is 4.79 Å². The number of halogens is 1. The molecule has 0 saturated carbocycles. The van der Waals surface area contributed by atoms with E-state index in [0.717, 1.165) is 36.5 Å². The molecule has 18 heavy (non-hydrogen) atoms. The Morgan fingerprint density at radius 1 is 1.61 bits per heavy atom. The van der Waals surface area contributed by atoms with E-state index in [-0.39, 0.29) is 17.9 Å². The molecule has 3 nitrogen and oxygen atoms in total. The van der Waals surface area contributed by atoms with E-state index >= 15 is 0 Å². The van der Waals surface area contributed by atoms with E-state index in [1.165, 1.54) is 0 Å². The van der Waals surface area contributed by atoms with Crippen molar-refractivity contribution in [2.75, 3.05) is 13.1 Å². The third-order valence-electron chi connectivity index (χ3n) is 3.25. The predicted molar refractivity (Wildman–Crippen MR) is 73.7 cm³/mol. The molecule has 1 saturated heterocycles. The lowest BCUT2D eigenvalue weighted by molar-refractivity contribution is -0.125. The van der Waals surface area contributed by atoms with Gasteiger partial charge in [0.05, 0.1) is 5.92 Å². The highest BCUT2D eigenvalue weighted by atomic mass is 35.5. The molecule has 1 aromatic carbocycles. The van der Waals surface area contributed by atoms with Gasteiger partial charge in [-0.3, -0.25) is 4.79 Å². The van der Waals surface area contributed by atoms with Crippen molar-refractivity contribution in [3.8, 4) is 0 Å². The number of carbonyl (C=O) groups excluding carboxylic acids is 1. The highest BCUT2D eigenvalue weighted by Gasteiger charge is 2.23. The van der Waals surface area contributed by atoms with Gasteiger partial charge in [-0.2, -0.15) is 0 Å². The molecule has 0 aromatic heterocycles. The first-order chi connectivity index (χ1) is 8.65. The van der Waals surface area contributed by atoms with Gasteiger partial charge in [-0.15, -0.1) is 0 Å². The lowest BCUT2D eigenvalue weighted by Gasteiger charge is -2.16. The summed E-state index contributed by atoms with van der Waals surface area (Å²) in [5.41, 5.74) is 1.15. The first-order valence-electron chi connectivity index (χ1n) is 6.40. The highest BCUT2D eigenvalue weighted by molar-refractivity contribution is 6.30. The lowest BCUT2D eigenvalue weighted by atomic mass is 10.0. The van der Waals surface area contributed by atoms with Crippen LogP contribution >= 0.6 is 11.6 Å². The van der Waals surface area contributed by atoms with Gasteiger partial charge in [0.25, 0.3) is 0 Å². The van der Waals surface area contributed by atoms with Crippen LogP contribution in [0.5, 0.6) is 0 Å². The van der Waals surface area contributed by atoms with Crippen molar-refractivity contribution in [3.05, 3.63) is 34.9 Å². The molecular weight excluding hydrogens is 248 g/mol. The molecule has 1 fully saturated rings. The van der Waals surface area contributed by atoms with Crippen LogP contribution in [-0.4, -0.2) is 25.0 Å². The van der Waals surface area contributed by atoms with E-state index in [9.17, 15) is 4.79 Å². The van der Waals surface area contributed by atoms with Crippen LogP contribution in [0.25, 0.3) is 0 Å². The molecule has 2 N–H and O–H groups in total. The number of benzene rings is 1. The van der Waals surface area contributed by atoms with Crippen molar-refractivity contribution in [2.24, 2.45) is 5.92 Å². The Balaban J connectivity index is 1.84.